The lowest BCUT2D eigenvalue weighted by molar-refractivity contribution is 0.102. The van der Waals surface area contributed by atoms with Gasteiger partial charge in [-0.15, -0.1) is 0 Å². The molecule has 0 unspecified atom stereocenters. The van der Waals surface area contributed by atoms with Crippen LogP contribution >= 0.6 is 0 Å². The zero-order valence-electron chi connectivity index (χ0n) is 12.1. The van der Waals surface area contributed by atoms with Crippen molar-refractivity contribution in [2.75, 3.05) is 12.4 Å². The number of anilines is 1. The van der Waals surface area contributed by atoms with Crippen LogP contribution in [0.3, 0.4) is 0 Å². The number of fused-ring (bicyclic) bond motifs is 1. The van der Waals surface area contributed by atoms with Crippen LogP contribution in [0.2, 0.25) is 0 Å². The molecule has 0 aliphatic heterocycles. The lowest BCUT2D eigenvalue weighted by atomic mass is 10.1. The fourth-order valence-electron chi connectivity index (χ4n) is 2.34. The quantitative estimate of drug-likeness (QED) is 0.790. The van der Waals surface area contributed by atoms with Gasteiger partial charge in [0.2, 0.25) is 0 Å². The molecule has 0 bridgehead atoms. The Balaban J connectivity index is 1.99. The van der Waals surface area contributed by atoms with Crippen molar-refractivity contribution in [3.63, 3.8) is 0 Å². The number of halogens is 1. The molecule has 112 valence electrons. The third-order valence-electron chi connectivity index (χ3n) is 3.40. The summed E-state index contributed by atoms with van der Waals surface area (Å²) in [6.07, 6.45) is 0. The van der Waals surface area contributed by atoms with E-state index in [1.807, 2.05) is 0 Å². The van der Waals surface area contributed by atoms with Gasteiger partial charge in [-0.3, -0.25) is 4.79 Å². The van der Waals surface area contributed by atoms with Crippen molar-refractivity contribution in [3.05, 3.63) is 59.6 Å². The van der Waals surface area contributed by atoms with Crippen LogP contribution in [0.5, 0.6) is 5.75 Å². The molecule has 2 aromatic carbocycles. The van der Waals surface area contributed by atoms with Gasteiger partial charge in [0.1, 0.15) is 22.9 Å². The first-order valence-electron chi connectivity index (χ1n) is 6.72. The van der Waals surface area contributed by atoms with Gasteiger partial charge in [0.05, 0.1) is 12.7 Å². The van der Waals surface area contributed by atoms with Crippen molar-refractivity contribution >= 4 is 22.6 Å². The summed E-state index contributed by atoms with van der Waals surface area (Å²) in [5.41, 5.74) is 1.57. The number of methoxy groups -OCH3 is 1. The van der Waals surface area contributed by atoms with Gasteiger partial charge in [0.15, 0.2) is 0 Å². The number of hydrogen-bond acceptors (Lipinski definition) is 3. The van der Waals surface area contributed by atoms with Crippen molar-refractivity contribution < 1.29 is 18.3 Å². The molecule has 3 aromatic rings. The third kappa shape index (κ3) is 2.53. The number of aryl methyl sites for hydroxylation is 1. The molecule has 1 amide bonds. The molecular weight excluding hydrogens is 285 g/mol. The maximum atomic E-state index is 12.9. The molecule has 0 radical (unpaired) electrons. The SMILES string of the molecule is COc1ccc2oc(C)c(C(=O)Nc3ccc(F)cc3)c2c1. The number of nitrogens with one attached hydrogen (secondary N) is 1. The molecule has 0 fully saturated rings. The Bertz CT molecular complexity index is 837. The van der Waals surface area contributed by atoms with Crippen molar-refractivity contribution in [3.8, 4) is 5.75 Å². The molecule has 4 nitrogen and oxygen atoms in total. The van der Waals surface area contributed by atoms with E-state index < -0.39 is 0 Å². The lowest BCUT2D eigenvalue weighted by Crippen LogP contribution is -2.12. The van der Waals surface area contributed by atoms with Crippen molar-refractivity contribution in [1.29, 1.82) is 0 Å². The fourth-order valence-corrected chi connectivity index (χ4v) is 2.34. The summed E-state index contributed by atoms with van der Waals surface area (Å²) in [4.78, 5) is 12.5. The van der Waals surface area contributed by atoms with Gasteiger partial charge in [-0.1, -0.05) is 0 Å². The maximum Gasteiger partial charge on any atom is 0.259 e. The molecule has 22 heavy (non-hydrogen) atoms. The van der Waals surface area contributed by atoms with Crippen LogP contribution in [0.15, 0.2) is 46.9 Å². The number of carbonyl (C=O) groups is 1. The first-order chi connectivity index (χ1) is 10.6. The Morgan fingerprint density at radius 1 is 1.18 bits per heavy atom. The Kier molecular flexibility index (Phi) is 3.55. The highest BCUT2D eigenvalue weighted by molar-refractivity contribution is 6.13. The summed E-state index contributed by atoms with van der Waals surface area (Å²) in [5, 5.41) is 3.41. The molecule has 0 spiro atoms. The third-order valence-corrected chi connectivity index (χ3v) is 3.40. The molecule has 0 aliphatic carbocycles. The predicted molar refractivity (Wildman–Crippen MR) is 81.9 cm³/mol. The number of amides is 1. The van der Waals surface area contributed by atoms with Gasteiger partial charge in [-0.25, -0.2) is 4.39 Å². The van der Waals surface area contributed by atoms with Gasteiger partial charge in [0.25, 0.3) is 5.91 Å². The number of ether oxygens (including phenoxy) is 1. The molecule has 5 heteroatoms. The summed E-state index contributed by atoms with van der Waals surface area (Å²) in [5.74, 6) is 0.496. The van der Waals surface area contributed by atoms with Crippen LogP contribution in [0.1, 0.15) is 16.1 Å². The number of benzene rings is 2. The van der Waals surface area contributed by atoms with E-state index in [9.17, 15) is 9.18 Å². The highest BCUT2D eigenvalue weighted by Crippen LogP contribution is 2.29. The minimum absolute atomic E-state index is 0.309. The van der Waals surface area contributed by atoms with Gasteiger partial charge >= 0.3 is 0 Å². The van der Waals surface area contributed by atoms with E-state index in [1.165, 1.54) is 24.3 Å². The van der Waals surface area contributed by atoms with Gasteiger partial charge in [0, 0.05) is 11.1 Å². The Morgan fingerprint density at radius 3 is 2.59 bits per heavy atom. The zero-order chi connectivity index (χ0) is 15.7. The van der Waals surface area contributed by atoms with Crippen LogP contribution in [0.25, 0.3) is 11.0 Å². The van der Waals surface area contributed by atoms with Gasteiger partial charge < -0.3 is 14.5 Å². The number of rotatable bonds is 3. The normalized spacial score (nSPS) is 10.7. The van der Waals surface area contributed by atoms with Crippen LogP contribution < -0.4 is 10.1 Å². The van der Waals surface area contributed by atoms with E-state index in [0.29, 0.717) is 33.7 Å². The zero-order valence-corrected chi connectivity index (χ0v) is 12.1. The van der Waals surface area contributed by atoms with E-state index >= 15 is 0 Å². The summed E-state index contributed by atoms with van der Waals surface area (Å²) in [7, 11) is 1.56. The van der Waals surface area contributed by atoms with E-state index in [-0.39, 0.29) is 11.7 Å². The van der Waals surface area contributed by atoms with Crippen LogP contribution in [0, 0.1) is 12.7 Å². The highest BCUT2D eigenvalue weighted by Gasteiger charge is 2.19. The molecule has 1 N–H and O–H groups in total. The second-order valence-corrected chi connectivity index (χ2v) is 4.86. The minimum atomic E-state index is -0.354. The average molecular weight is 299 g/mol. The van der Waals surface area contributed by atoms with E-state index in [4.69, 9.17) is 9.15 Å². The standard InChI is InChI=1S/C17H14FNO3/c1-10-16(14-9-13(21-2)7-8-15(14)22-10)17(20)19-12-5-3-11(18)4-6-12/h3-9H,1-2H3,(H,19,20). The molecule has 1 heterocycles. The monoisotopic (exact) mass is 299 g/mol. The topological polar surface area (TPSA) is 51.5 Å². The first-order valence-corrected chi connectivity index (χ1v) is 6.72. The minimum Gasteiger partial charge on any atom is -0.497 e. The number of furan rings is 1. The second-order valence-electron chi connectivity index (χ2n) is 4.86. The van der Waals surface area contributed by atoms with Crippen molar-refractivity contribution in [1.82, 2.24) is 0 Å². The Labute approximate surface area is 126 Å². The van der Waals surface area contributed by atoms with Crippen LogP contribution in [-0.2, 0) is 0 Å². The smallest absolute Gasteiger partial charge is 0.259 e. The Hall–Kier alpha value is -2.82. The van der Waals surface area contributed by atoms with E-state index in [1.54, 1.807) is 32.2 Å². The average Bonchev–Trinajstić information content (AvgIpc) is 2.84. The molecule has 0 saturated carbocycles. The van der Waals surface area contributed by atoms with Crippen molar-refractivity contribution in [2.45, 2.75) is 6.92 Å². The van der Waals surface area contributed by atoms with E-state index in [2.05, 4.69) is 5.32 Å². The van der Waals surface area contributed by atoms with Crippen LogP contribution in [-0.4, -0.2) is 13.0 Å². The lowest BCUT2D eigenvalue weighted by Gasteiger charge is -2.05. The number of hydrogen-bond donors (Lipinski definition) is 1. The molecule has 0 aliphatic rings. The molecule has 1 aromatic heterocycles. The second kappa shape index (κ2) is 5.52. The predicted octanol–water partition coefficient (Wildman–Crippen LogP) is 4.14. The molecule has 0 atom stereocenters. The van der Waals surface area contributed by atoms with Crippen molar-refractivity contribution in [2.24, 2.45) is 0 Å². The highest BCUT2D eigenvalue weighted by atomic mass is 19.1. The summed E-state index contributed by atoms with van der Waals surface area (Å²) in [6, 6.07) is 10.9. The molecule has 0 saturated heterocycles. The number of carbonyl (C=O) groups excluding carboxylic acids is 1. The fraction of sp³-hybridized carbons (Fsp3) is 0.118. The molecular formula is C17H14FNO3. The van der Waals surface area contributed by atoms with E-state index in [0.717, 1.165) is 0 Å². The largest absolute Gasteiger partial charge is 0.497 e. The molecule has 3 rings (SSSR count). The van der Waals surface area contributed by atoms with Gasteiger partial charge in [-0.2, -0.15) is 0 Å². The summed E-state index contributed by atoms with van der Waals surface area (Å²) in [6.45, 7) is 1.73. The summed E-state index contributed by atoms with van der Waals surface area (Å²) >= 11 is 0. The first kappa shape index (κ1) is 14.1. The Morgan fingerprint density at radius 2 is 1.91 bits per heavy atom. The van der Waals surface area contributed by atoms with Gasteiger partial charge in [-0.05, 0) is 49.4 Å². The summed E-state index contributed by atoms with van der Waals surface area (Å²) < 4.78 is 23.7. The van der Waals surface area contributed by atoms with Crippen LogP contribution in [0.4, 0.5) is 10.1 Å². The maximum absolute atomic E-state index is 12.9.